The quantitative estimate of drug-likeness (QED) is 0.611. The van der Waals surface area contributed by atoms with Crippen molar-refractivity contribution in [3.8, 4) is 0 Å². The van der Waals surface area contributed by atoms with Crippen LogP contribution in [-0.4, -0.2) is 24.7 Å². The maximum Gasteiger partial charge on any atom is 0.0827 e. The van der Waals surface area contributed by atoms with Crippen molar-refractivity contribution in [1.82, 2.24) is 10.2 Å². The van der Waals surface area contributed by atoms with E-state index in [1.165, 1.54) is 18.5 Å². The fourth-order valence-electron chi connectivity index (χ4n) is 2.87. The summed E-state index contributed by atoms with van der Waals surface area (Å²) in [6, 6.07) is 0. The molecule has 74 valence electrons. The average Bonchev–Trinajstić information content (AvgIpc) is 2.30. The van der Waals surface area contributed by atoms with Gasteiger partial charge in [0, 0.05) is 24.1 Å². The highest BCUT2D eigenvalue weighted by Gasteiger charge is 2.48. The van der Waals surface area contributed by atoms with Gasteiger partial charge in [-0.05, 0) is 19.4 Å². The second-order valence-corrected chi connectivity index (χ2v) is 4.93. The van der Waals surface area contributed by atoms with Crippen LogP contribution in [0.15, 0.2) is 12.3 Å². The normalized spacial score (nSPS) is 37.8. The summed E-state index contributed by atoms with van der Waals surface area (Å²) < 4.78 is 0. The van der Waals surface area contributed by atoms with E-state index in [-0.39, 0.29) is 5.41 Å². The molecule has 2 saturated heterocycles. The molecule has 2 heteroatoms. The predicted molar refractivity (Wildman–Crippen MR) is 55.2 cm³/mol. The molecule has 2 nitrogen and oxygen atoms in total. The fraction of sp³-hybridized carbons (Fsp3) is 0.818. The summed E-state index contributed by atoms with van der Waals surface area (Å²) >= 11 is 0. The lowest BCUT2D eigenvalue weighted by Gasteiger charge is -2.34. The molecule has 0 aliphatic carbocycles. The molecule has 0 amide bonds. The molecular formula is C11H20N2. The number of nitrogens with one attached hydrogen (secondary N) is 1. The molecule has 2 fully saturated rings. The molecule has 0 saturated carbocycles. The van der Waals surface area contributed by atoms with Gasteiger partial charge in [0.15, 0.2) is 0 Å². The Bertz CT molecular complexity index is 232. The SMILES string of the molecule is C=C1N(C)C2NCCCC2C1(C)C. The van der Waals surface area contributed by atoms with E-state index in [9.17, 15) is 0 Å². The van der Waals surface area contributed by atoms with Crippen molar-refractivity contribution in [1.29, 1.82) is 0 Å². The molecule has 13 heavy (non-hydrogen) atoms. The van der Waals surface area contributed by atoms with Gasteiger partial charge in [-0.2, -0.15) is 0 Å². The highest BCUT2D eigenvalue weighted by Crippen LogP contribution is 2.48. The standard InChI is InChI=1S/C11H20N2/c1-8-11(2,3)9-6-5-7-12-10(9)13(8)4/h9-10,12H,1,5-7H2,2-4H3. The summed E-state index contributed by atoms with van der Waals surface area (Å²) in [5.41, 5.74) is 1.57. The van der Waals surface area contributed by atoms with Crippen LogP contribution in [0.3, 0.4) is 0 Å². The summed E-state index contributed by atoms with van der Waals surface area (Å²) in [6.45, 7) is 10.0. The molecule has 0 aromatic rings. The minimum atomic E-state index is 0.285. The van der Waals surface area contributed by atoms with E-state index in [1.807, 2.05) is 0 Å². The van der Waals surface area contributed by atoms with E-state index >= 15 is 0 Å². The van der Waals surface area contributed by atoms with Gasteiger partial charge in [0.2, 0.25) is 0 Å². The smallest absolute Gasteiger partial charge is 0.0827 e. The second-order valence-electron chi connectivity index (χ2n) is 4.93. The van der Waals surface area contributed by atoms with Crippen LogP contribution in [0.5, 0.6) is 0 Å². The predicted octanol–water partition coefficient (Wildman–Crippen LogP) is 1.80. The van der Waals surface area contributed by atoms with E-state index < -0.39 is 0 Å². The van der Waals surface area contributed by atoms with E-state index in [1.54, 1.807) is 0 Å². The van der Waals surface area contributed by atoms with Gasteiger partial charge in [0.25, 0.3) is 0 Å². The van der Waals surface area contributed by atoms with Crippen LogP contribution in [0.2, 0.25) is 0 Å². The van der Waals surface area contributed by atoms with Crippen molar-refractivity contribution < 1.29 is 0 Å². The van der Waals surface area contributed by atoms with Crippen LogP contribution in [0.1, 0.15) is 26.7 Å². The lowest BCUT2D eigenvalue weighted by atomic mass is 9.75. The molecule has 2 unspecified atom stereocenters. The Morgan fingerprint density at radius 2 is 2.23 bits per heavy atom. The largest absolute Gasteiger partial charge is 0.362 e. The molecule has 0 aromatic heterocycles. The first kappa shape index (κ1) is 9.07. The van der Waals surface area contributed by atoms with Gasteiger partial charge in [-0.15, -0.1) is 0 Å². The second kappa shape index (κ2) is 2.74. The zero-order chi connectivity index (χ0) is 9.64. The van der Waals surface area contributed by atoms with Crippen molar-refractivity contribution in [2.75, 3.05) is 13.6 Å². The number of nitrogens with zero attached hydrogens (tertiary/aromatic N) is 1. The minimum absolute atomic E-state index is 0.285. The lowest BCUT2D eigenvalue weighted by Crippen LogP contribution is -2.47. The Hall–Kier alpha value is -0.500. The van der Waals surface area contributed by atoms with Gasteiger partial charge in [0.1, 0.15) is 0 Å². The monoisotopic (exact) mass is 180 g/mol. The Kier molecular flexibility index (Phi) is 1.91. The minimum Gasteiger partial charge on any atom is -0.362 e. The maximum atomic E-state index is 4.20. The maximum absolute atomic E-state index is 4.20. The molecule has 2 atom stereocenters. The van der Waals surface area contributed by atoms with E-state index in [4.69, 9.17) is 0 Å². The molecule has 2 aliphatic rings. The van der Waals surface area contributed by atoms with Crippen LogP contribution in [-0.2, 0) is 0 Å². The first-order chi connectivity index (χ1) is 6.05. The van der Waals surface area contributed by atoms with Gasteiger partial charge < -0.3 is 4.90 Å². The Balaban J connectivity index is 2.29. The number of likely N-dealkylation sites (tertiary alicyclic amines) is 1. The van der Waals surface area contributed by atoms with Crippen LogP contribution < -0.4 is 5.32 Å². The molecule has 2 rings (SSSR count). The summed E-state index contributed by atoms with van der Waals surface area (Å²) in [4.78, 5) is 2.32. The van der Waals surface area contributed by atoms with E-state index in [0.29, 0.717) is 6.17 Å². The van der Waals surface area contributed by atoms with Crippen LogP contribution in [0, 0.1) is 11.3 Å². The van der Waals surface area contributed by atoms with Crippen molar-refractivity contribution in [2.24, 2.45) is 11.3 Å². The topological polar surface area (TPSA) is 15.3 Å². The summed E-state index contributed by atoms with van der Waals surface area (Å²) in [6.07, 6.45) is 3.19. The molecular weight excluding hydrogens is 160 g/mol. The average molecular weight is 180 g/mol. The number of fused-ring (bicyclic) bond motifs is 1. The molecule has 0 spiro atoms. The van der Waals surface area contributed by atoms with Gasteiger partial charge in [0.05, 0.1) is 6.17 Å². The summed E-state index contributed by atoms with van der Waals surface area (Å²) in [5.74, 6) is 0.749. The number of piperidine rings is 1. The third-order valence-electron chi connectivity index (χ3n) is 3.94. The van der Waals surface area contributed by atoms with Crippen LogP contribution in [0.25, 0.3) is 0 Å². The van der Waals surface area contributed by atoms with Crippen molar-refractivity contribution in [2.45, 2.75) is 32.9 Å². The number of allylic oxidation sites excluding steroid dienone is 1. The Labute approximate surface area is 81.0 Å². The third-order valence-corrected chi connectivity index (χ3v) is 3.94. The van der Waals surface area contributed by atoms with Gasteiger partial charge in [-0.1, -0.05) is 20.4 Å². The zero-order valence-electron chi connectivity index (χ0n) is 8.93. The van der Waals surface area contributed by atoms with Gasteiger partial charge in [-0.3, -0.25) is 5.32 Å². The fourth-order valence-corrected chi connectivity index (χ4v) is 2.87. The van der Waals surface area contributed by atoms with Gasteiger partial charge >= 0.3 is 0 Å². The zero-order valence-corrected chi connectivity index (χ0v) is 8.93. The molecule has 0 aromatic carbocycles. The Morgan fingerprint density at radius 3 is 2.85 bits per heavy atom. The summed E-state index contributed by atoms with van der Waals surface area (Å²) in [7, 11) is 2.16. The molecule has 1 N–H and O–H groups in total. The van der Waals surface area contributed by atoms with Gasteiger partial charge in [-0.25, -0.2) is 0 Å². The van der Waals surface area contributed by atoms with E-state index in [0.717, 1.165) is 12.5 Å². The number of rotatable bonds is 0. The van der Waals surface area contributed by atoms with Crippen LogP contribution in [0.4, 0.5) is 0 Å². The third kappa shape index (κ3) is 1.12. The highest BCUT2D eigenvalue weighted by atomic mass is 15.3. The lowest BCUT2D eigenvalue weighted by molar-refractivity contribution is 0.164. The van der Waals surface area contributed by atoms with Crippen molar-refractivity contribution in [3.05, 3.63) is 12.3 Å². The van der Waals surface area contributed by atoms with Crippen LogP contribution >= 0.6 is 0 Å². The first-order valence-electron chi connectivity index (χ1n) is 5.21. The molecule has 2 aliphatic heterocycles. The molecule has 0 bridgehead atoms. The number of hydrogen-bond donors (Lipinski definition) is 1. The number of hydrogen-bond acceptors (Lipinski definition) is 2. The molecule has 0 radical (unpaired) electrons. The molecule has 2 heterocycles. The highest BCUT2D eigenvalue weighted by molar-refractivity contribution is 5.18. The van der Waals surface area contributed by atoms with Crippen molar-refractivity contribution >= 4 is 0 Å². The van der Waals surface area contributed by atoms with E-state index in [2.05, 4.69) is 37.7 Å². The summed E-state index contributed by atoms with van der Waals surface area (Å²) in [5, 5.41) is 3.58. The Morgan fingerprint density at radius 1 is 1.54 bits per heavy atom. The van der Waals surface area contributed by atoms with Crippen molar-refractivity contribution in [3.63, 3.8) is 0 Å². The first-order valence-corrected chi connectivity index (χ1v) is 5.21.